The van der Waals surface area contributed by atoms with E-state index < -0.39 is 0 Å². The fourth-order valence-electron chi connectivity index (χ4n) is 2.59. The van der Waals surface area contributed by atoms with Crippen LogP contribution in [0.3, 0.4) is 0 Å². The first-order chi connectivity index (χ1) is 12.1. The highest BCUT2D eigenvalue weighted by molar-refractivity contribution is 5.94. The van der Waals surface area contributed by atoms with Crippen molar-refractivity contribution in [1.82, 2.24) is 15.3 Å². The molecule has 3 rings (SSSR count). The molecule has 1 atom stereocenters. The van der Waals surface area contributed by atoms with E-state index in [-0.39, 0.29) is 17.6 Å². The Morgan fingerprint density at radius 2 is 1.84 bits per heavy atom. The van der Waals surface area contributed by atoms with E-state index in [0.29, 0.717) is 17.0 Å². The number of para-hydroxylation sites is 2. The lowest BCUT2D eigenvalue weighted by Gasteiger charge is -2.18. The minimum Gasteiger partial charge on any atom is -0.497 e. The van der Waals surface area contributed by atoms with Crippen molar-refractivity contribution in [3.05, 3.63) is 59.9 Å². The summed E-state index contributed by atoms with van der Waals surface area (Å²) < 4.78 is 10.6. The molecule has 2 aromatic carbocycles. The van der Waals surface area contributed by atoms with Crippen molar-refractivity contribution >= 4 is 16.9 Å². The summed E-state index contributed by atoms with van der Waals surface area (Å²) >= 11 is 0. The number of carbonyl (C=O) groups is 1. The molecule has 0 unspecified atom stereocenters. The normalized spacial score (nSPS) is 11.8. The Morgan fingerprint density at radius 1 is 1.08 bits per heavy atom. The number of hydrogen-bond donors (Lipinski definition) is 1. The van der Waals surface area contributed by atoms with E-state index >= 15 is 0 Å². The molecule has 0 aliphatic carbocycles. The minimum atomic E-state index is -0.296. The Balaban J connectivity index is 1.84. The number of methoxy groups -OCH3 is 2. The van der Waals surface area contributed by atoms with Crippen LogP contribution in [-0.2, 0) is 0 Å². The van der Waals surface area contributed by atoms with Crippen LogP contribution >= 0.6 is 0 Å². The Hall–Kier alpha value is -3.15. The lowest BCUT2D eigenvalue weighted by molar-refractivity contribution is 0.0934. The second-order valence-electron chi connectivity index (χ2n) is 5.55. The molecule has 0 aliphatic heterocycles. The average Bonchev–Trinajstić information content (AvgIpc) is 2.66. The van der Waals surface area contributed by atoms with Crippen molar-refractivity contribution < 1.29 is 14.3 Å². The Morgan fingerprint density at radius 3 is 2.56 bits per heavy atom. The molecule has 6 nitrogen and oxygen atoms in total. The van der Waals surface area contributed by atoms with E-state index in [0.717, 1.165) is 11.1 Å². The van der Waals surface area contributed by atoms with E-state index in [1.807, 2.05) is 49.4 Å². The van der Waals surface area contributed by atoms with Gasteiger partial charge in [-0.1, -0.05) is 12.1 Å². The number of benzene rings is 2. The summed E-state index contributed by atoms with van der Waals surface area (Å²) in [6, 6.07) is 12.6. The number of nitrogens with zero attached hydrogens (tertiary/aromatic N) is 2. The predicted molar refractivity (Wildman–Crippen MR) is 95.0 cm³/mol. The topological polar surface area (TPSA) is 73.3 Å². The summed E-state index contributed by atoms with van der Waals surface area (Å²) in [6.07, 6.45) is 1.48. The number of aromatic nitrogens is 2. The fourth-order valence-corrected chi connectivity index (χ4v) is 2.59. The number of hydrogen-bond acceptors (Lipinski definition) is 5. The molecule has 3 aromatic rings. The standard InChI is InChI=1S/C19H19N3O3/c1-12(14-10-13(24-2)8-9-18(14)25-3)21-19(23)17-11-20-15-6-4-5-7-16(15)22-17/h4-12H,1-3H3,(H,21,23)/t12-/m0/s1. The number of rotatable bonds is 5. The molecule has 25 heavy (non-hydrogen) atoms. The zero-order valence-electron chi connectivity index (χ0n) is 14.3. The molecule has 0 bridgehead atoms. The second-order valence-corrected chi connectivity index (χ2v) is 5.55. The van der Waals surface area contributed by atoms with Gasteiger partial charge in [0.25, 0.3) is 5.91 Å². The average molecular weight is 337 g/mol. The molecule has 1 aromatic heterocycles. The largest absolute Gasteiger partial charge is 0.497 e. The third-order valence-corrected chi connectivity index (χ3v) is 3.93. The van der Waals surface area contributed by atoms with E-state index in [9.17, 15) is 4.79 Å². The second kappa shape index (κ2) is 7.17. The monoisotopic (exact) mass is 337 g/mol. The lowest BCUT2D eigenvalue weighted by atomic mass is 10.1. The van der Waals surface area contributed by atoms with Crippen molar-refractivity contribution in [2.75, 3.05) is 14.2 Å². The van der Waals surface area contributed by atoms with Crippen LogP contribution in [0.25, 0.3) is 11.0 Å². The maximum atomic E-state index is 12.5. The number of ether oxygens (including phenoxy) is 2. The summed E-state index contributed by atoms with van der Waals surface area (Å²) in [5, 5.41) is 2.93. The van der Waals surface area contributed by atoms with Gasteiger partial charge in [-0.15, -0.1) is 0 Å². The van der Waals surface area contributed by atoms with Crippen LogP contribution in [0.15, 0.2) is 48.7 Å². The van der Waals surface area contributed by atoms with Crippen molar-refractivity contribution in [2.24, 2.45) is 0 Å². The molecule has 0 spiro atoms. The molecule has 0 fully saturated rings. The first-order valence-electron chi connectivity index (χ1n) is 7.87. The predicted octanol–water partition coefficient (Wildman–Crippen LogP) is 3.14. The summed E-state index contributed by atoms with van der Waals surface area (Å²) in [5.74, 6) is 1.08. The van der Waals surface area contributed by atoms with Gasteiger partial charge in [0.15, 0.2) is 0 Å². The summed E-state index contributed by atoms with van der Waals surface area (Å²) in [4.78, 5) is 21.2. The first kappa shape index (κ1) is 16.7. The van der Waals surface area contributed by atoms with Gasteiger partial charge in [-0.25, -0.2) is 4.98 Å². The van der Waals surface area contributed by atoms with Gasteiger partial charge >= 0.3 is 0 Å². The third-order valence-electron chi connectivity index (χ3n) is 3.93. The molecule has 0 saturated carbocycles. The Labute approximate surface area is 145 Å². The van der Waals surface area contributed by atoms with Crippen molar-refractivity contribution in [3.63, 3.8) is 0 Å². The molecule has 128 valence electrons. The fraction of sp³-hybridized carbons (Fsp3) is 0.211. The number of nitrogens with one attached hydrogen (secondary N) is 1. The molecular weight excluding hydrogens is 318 g/mol. The molecule has 0 saturated heterocycles. The molecule has 1 heterocycles. The lowest BCUT2D eigenvalue weighted by Crippen LogP contribution is -2.28. The van der Waals surface area contributed by atoms with Crippen molar-refractivity contribution in [1.29, 1.82) is 0 Å². The SMILES string of the molecule is COc1ccc(OC)c([C@H](C)NC(=O)c2cnc3ccccc3n2)c1. The molecule has 0 radical (unpaired) electrons. The molecule has 1 N–H and O–H groups in total. The van der Waals surface area contributed by atoms with Crippen molar-refractivity contribution in [2.45, 2.75) is 13.0 Å². The zero-order valence-corrected chi connectivity index (χ0v) is 14.3. The van der Waals surface area contributed by atoms with Gasteiger partial charge in [-0.2, -0.15) is 0 Å². The van der Waals surface area contributed by atoms with Crippen LogP contribution in [0.1, 0.15) is 29.0 Å². The van der Waals surface area contributed by atoms with Crippen LogP contribution in [0.5, 0.6) is 11.5 Å². The van der Waals surface area contributed by atoms with Gasteiger partial charge < -0.3 is 14.8 Å². The van der Waals surface area contributed by atoms with Crippen LogP contribution < -0.4 is 14.8 Å². The smallest absolute Gasteiger partial charge is 0.271 e. The highest BCUT2D eigenvalue weighted by Gasteiger charge is 2.17. The van der Waals surface area contributed by atoms with Crippen LogP contribution in [0, 0.1) is 0 Å². The van der Waals surface area contributed by atoms with E-state index in [1.165, 1.54) is 6.20 Å². The molecule has 0 aliphatic rings. The molecule has 6 heteroatoms. The maximum Gasteiger partial charge on any atom is 0.271 e. The van der Waals surface area contributed by atoms with E-state index in [1.54, 1.807) is 14.2 Å². The summed E-state index contributed by atoms with van der Waals surface area (Å²) in [5.41, 5.74) is 2.53. The van der Waals surface area contributed by atoms with E-state index in [4.69, 9.17) is 9.47 Å². The number of amides is 1. The zero-order chi connectivity index (χ0) is 17.8. The molecular formula is C19H19N3O3. The highest BCUT2D eigenvalue weighted by Crippen LogP contribution is 2.29. The van der Waals surface area contributed by atoms with Gasteiger partial charge in [0.2, 0.25) is 0 Å². The number of fused-ring (bicyclic) bond motifs is 1. The van der Waals surface area contributed by atoms with Crippen molar-refractivity contribution in [3.8, 4) is 11.5 Å². The number of carbonyl (C=O) groups excluding carboxylic acids is 1. The molecule has 1 amide bonds. The summed E-state index contributed by atoms with van der Waals surface area (Å²) in [6.45, 7) is 1.88. The minimum absolute atomic E-state index is 0.271. The summed E-state index contributed by atoms with van der Waals surface area (Å²) in [7, 11) is 3.19. The highest BCUT2D eigenvalue weighted by atomic mass is 16.5. The van der Waals surface area contributed by atoms with Gasteiger partial charge in [-0.05, 0) is 37.3 Å². The quantitative estimate of drug-likeness (QED) is 0.774. The third kappa shape index (κ3) is 3.52. The van der Waals surface area contributed by atoms with Gasteiger partial charge in [-0.3, -0.25) is 9.78 Å². The van der Waals surface area contributed by atoms with Crippen LogP contribution in [0.4, 0.5) is 0 Å². The first-order valence-corrected chi connectivity index (χ1v) is 7.87. The van der Waals surface area contributed by atoms with E-state index in [2.05, 4.69) is 15.3 Å². The maximum absolute atomic E-state index is 12.5. The van der Waals surface area contributed by atoms with Gasteiger partial charge in [0.05, 0.1) is 37.5 Å². The Kier molecular flexibility index (Phi) is 4.79. The van der Waals surface area contributed by atoms with Crippen LogP contribution in [0.2, 0.25) is 0 Å². The van der Waals surface area contributed by atoms with Crippen LogP contribution in [-0.4, -0.2) is 30.1 Å². The van der Waals surface area contributed by atoms with Gasteiger partial charge in [0, 0.05) is 5.56 Å². The van der Waals surface area contributed by atoms with Gasteiger partial charge in [0.1, 0.15) is 17.2 Å². The Bertz CT molecular complexity index is 911.